The molecule has 1 heterocycles. The summed E-state index contributed by atoms with van der Waals surface area (Å²) in [5.74, 6) is -0.955. The molecule has 0 radical (unpaired) electrons. The Bertz CT molecular complexity index is 486. The predicted molar refractivity (Wildman–Crippen MR) is 72.6 cm³/mol. The SMILES string of the molecule is COCC1CCN1C(=O)NCc1ccc(C(=O)O)cc1. The first kappa shape index (κ1) is 14.3. The molecule has 1 aliphatic rings. The molecule has 0 aromatic heterocycles. The van der Waals surface area contributed by atoms with Crippen molar-refractivity contribution >= 4 is 12.0 Å². The molecule has 0 spiro atoms. The van der Waals surface area contributed by atoms with Crippen molar-refractivity contribution in [3.8, 4) is 0 Å². The summed E-state index contributed by atoms with van der Waals surface area (Å²) < 4.78 is 5.05. The van der Waals surface area contributed by atoms with Gasteiger partial charge in [-0.15, -0.1) is 0 Å². The second-order valence-corrected chi connectivity index (χ2v) is 4.75. The number of amides is 2. The number of aromatic carboxylic acids is 1. The summed E-state index contributed by atoms with van der Waals surface area (Å²) >= 11 is 0. The highest BCUT2D eigenvalue weighted by Gasteiger charge is 2.31. The standard InChI is InChI=1S/C14H18N2O4/c1-20-9-12-6-7-16(12)14(19)15-8-10-2-4-11(5-3-10)13(17)18/h2-5,12H,6-9H2,1H3,(H,15,19)(H,17,18). The van der Waals surface area contributed by atoms with E-state index in [2.05, 4.69) is 5.32 Å². The number of carbonyl (C=O) groups is 2. The Morgan fingerprint density at radius 2 is 2.10 bits per heavy atom. The molecular weight excluding hydrogens is 260 g/mol. The molecule has 1 saturated heterocycles. The topological polar surface area (TPSA) is 78.9 Å². The number of carbonyl (C=O) groups excluding carboxylic acids is 1. The van der Waals surface area contributed by atoms with Gasteiger partial charge in [-0.2, -0.15) is 0 Å². The third kappa shape index (κ3) is 3.27. The van der Waals surface area contributed by atoms with E-state index in [0.717, 1.165) is 18.5 Å². The highest BCUT2D eigenvalue weighted by Crippen LogP contribution is 2.17. The zero-order valence-electron chi connectivity index (χ0n) is 11.3. The van der Waals surface area contributed by atoms with Crippen molar-refractivity contribution in [3.05, 3.63) is 35.4 Å². The van der Waals surface area contributed by atoms with Crippen LogP contribution in [0.25, 0.3) is 0 Å². The van der Waals surface area contributed by atoms with Crippen LogP contribution < -0.4 is 5.32 Å². The van der Waals surface area contributed by atoms with Crippen LogP contribution in [0.2, 0.25) is 0 Å². The highest BCUT2D eigenvalue weighted by atomic mass is 16.5. The number of carboxylic acids is 1. The van der Waals surface area contributed by atoms with Gasteiger partial charge in [0.25, 0.3) is 0 Å². The lowest BCUT2D eigenvalue weighted by Gasteiger charge is -2.40. The zero-order chi connectivity index (χ0) is 14.5. The summed E-state index contributed by atoms with van der Waals surface area (Å²) in [4.78, 5) is 24.4. The summed E-state index contributed by atoms with van der Waals surface area (Å²) in [5.41, 5.74) is 1.11. The molecule has 0 bridgehead atoms. The number of nitrogens with one attached hydrogen (secondary N) is 1. The van der Waals surface area contributed by atoms with Crippen LogP contribution in [-0.4, -0.2) is 48.3 Å². The summed E-state index contributed by atoms with van der Waals surface area (Å²) in [6, 6.07) is 6.51. The average molecular weight is 278 g/mol. The highest BCUT2D eigenvalue weighted by molar-refractivity contribution is 5.87. The van der Waals surface area contributed by atoms with Gasteiger partial charge in [-0.3, -0.25) is 0 Å². The van der Waals surface area contributed by atoms with Gasteiger partial charge in [0.2, 0.25) is 0 Å². The normalized spacial score (nSPS) is 17.4. The fourth-order valence-electron chi connectivity index (χ4n) is 2.12. The number of ether oxygens (including phenoxy) is 1. The van der Waals surface area contributed by atoms with Crippen molar-refractivity contribution in [2.45, 2.75) is 19.0 Å². The molecule has 6 nitrogen and oxygen atoms in total. The number of benzene rings is 1. The van der Waals surface area contributed by atoms with E-state index in [4.69, 9.17) is 9.84 Å². The first-order valence-corrected chi connectivity index (χ1v) is 6.47. The number of carboxylic acid groups (broad SMARTS) is 1. The number of methoxy groups -OCH3 is 1. The first-order valence-electron chi connectivity index (χ1n) is 6.47. The molecule has 6 heteroatoms. The minimum absolute atomic E-state index is 0.111. The maximum absolute atomic E-state index is 11.9. The number of rotatable bonds is 5. The summed E-state index contributed by atoms with van der Waals surface area (Å²) in [7, 11) is 1.62. The van der Waals surface area contributed by atoms with E-state index in [1.165, 1.54) is 12.1 Å². The fraction of sp³-hybridized carbons (Fsp3) is 0.429. The molecular formula is C14H18N2O4. The molecule has 108 valence electrons. The Hall–Kier alpha value is -2.08. The molecule has 1 aliphatic heterocycles. The largest absolute Gasteiger partial charge is 0.478 e. The minimum Gasteiger partial charge on any atom is -0.478 e. The van der Waals surface area contributed by atoms with Crippen LogP contribution in [0.15, 0.2) is 24.3 Å². The van der Waals surface area contributed by atoms with Crippen molar-refractivity contribution in [1.82, 2.24) is 10.2 Å². The summed E-state index contributed by atoms with van der Waals surface area (Å²) in [5, 5.41) is 11.6. The quantitative estimate of drug-likeness (QED) is 0.851. The van der Waals surface area contributed by atoms with Crippen molar-refractivity contribution in [1.29, 1.82) is 0 Å². The summed E-state index contributed by atoms with van der Waals surface area (Å²) in [6.07, 6.45) is 0.967. The van der Waals surface area contributed by atoms with Gasteiger partial charge in [-0.05, 0) is 24.1 Å². The van der Waals surface area contributed by atoms with Gasteiger partial charge >= 0.3 is 12.0 Å². The van der Waals surface area contributed by atoms with Crippen LogP contribution in [0.5, 0.6) is 0 Å². The van der Waals surface area contributed by atoms with Gasteiger partial charge in [0.05, 0.1) is 18.2 Å². The number of likely N-dealkylation sites (tertiary alicyclic amines) is 1. The second kappa shape index (κ2) is 6.38. The number of hydrogen-bond donors (Lipinski definition) is 2. The number of nitrogens with zero attached hydrogens (tertiary/aromatic N) is 1. The minimum atomic E-state index is -0.955. The third-order valence-corrected chi connectivity index (χ3v) is 3.41. The molecule has 2 N–H and O–H groups in total. The lowest BCUT2D eigenvalue weighted by atomic mass is 10.1. The Morgan fingerprint density at radius 1 is 1.40 bits per heavy atom. The van der Waals surface area contributed by atoms with Crippen molar-refractivity contribution in [2.75, 3.05) is 20.3 Å². The number of urea groups is 1. The van der Waals surface area contributed by atoms with E-state index >= 15 is 0 Å². The predicted octanol–water partition coefficient (Wildman–Crippen LogP) is 1.32. The Kier molecular flexibility index (Phi) is 4.57. The van der Waals surface area contributed by atoms with Crippen LogP contribution in [0.1, 0.15) is 22.3 Å². The monoisotopic (exact) mass is 278 g/mol. The van der Waals surface area contributed by atoms with E-state index in [1.807, 2.05) is 0 Å². The molecule has 1 aromatic carbocycles. The van der Waals surface area contributed by atoms with E-state index in [1.54, 1.807) is 24.1 Å². The van der Waals surface area contributed by atoms with Crippen molar-refractivity contribution < 1.29 is 19.4 Å². The molecule has 1 aromatic rings. The summed E-state index contributed by atoms with van der Waals surface area (Å²) in [6.45, 7) is 1.69. The Labute approximate surface area is 117 Å². The molecule has 1 atom stereocenters. The van der Waals surface area contributed by atoms with Crippen LogP contribution in [0.4, 0.5) is 4.79 Å². The van der Waals surface area contributed by atoms with E-state index < -0.39 is 5.97 Å². The number of hydrogen-bond acceptors (Lipinski definition) is 3. The smallest absolute Gasteiger partial charge is 0.335 e. The lowest BCUT2D eigenvalue weighted by Crippen LogP contribution is -2.56. The first-order chi connectivity index (χ1) is 9.61. The third-order valence-electron chi connectivity index (χ3n) is 3.41. The second-order valence-electron chi connectivity index (χ2n) is 4.75. The Morgan fingerprint density at radius 3 is 2.60 bits per heavy atom. The molecule has 20 heavy (non-hydrogen) atoms. The molecule has 1 fully saturated rings. The van der Waals surface area contributed by atoms with Crippen LogP contribution in [0, 0.1) is 0 Å². The lowest BCUT2D eigenvalue weighted by molar-refractivity contribution is 0.0493. The fourth-order valence-corrected chi connectivity index (χ4v) is 2.12. The van der Waals surface area contributed by atoms with Gasteiger partial charge in [0, 0.05) is 20.2 Å². The maximum Gasteiger partial charge on any atom is 0.335 e. The van der Waals surface area contributed by atoms with Crippen LogP contribution >= 0.6 is 0 Å². The van der Waals surface area contributed by atoms with Crippen LogP contribution in [0.3, 0.4) is 0 Å². The van der Waals surface area contributed by atoms with E-state index in [-0.39, 0.29) is 17.6 Å². The van der Waals surface area contributed by atoms with E-state index in [0.29, 0.717) is 13.2 Å². The van der Waals surface area contributed by atoms with Crippen molar-refractivity contribution in [2.24, 2.45) is 0 Å². The van der Waals surface area contributed by atoms with Gasteiger partial charge in [-0.25, -0.2) is 9.59 Å². The molecule has 0 aliphatic carbocycles. The van der Waals surface area contributed by atoms with Gasteiger partial charge in [-0.1, -0.05) is 12.1 Å². The maximum atomic E-state index is 11.9. The molecule has 2 amide bonds. The van der Waals surface area contributed by atoms with Gasteiger partial charge in [0.15, 0.2) is 0 Å². The Balaban J connectivity index is 1.82. The van der Waals surface area contributed by atoms with Gasteiger partial charge < -0.3 is 20.1 Å². The van der Waals surface area contributed by atoms with E-state index in [9.17, 15) is 9.59 Å². The van der Waals surface area contributed by atoms with Gasteiger partial charge in [0.1, 0.15) is 0 Å². The molecule has 0 saturated carbocycles. The zero-order valence-corrected chi connectivity index (χ0v) is 11.3. The van der Waals surface area contributed by atoms with Crippen LogP contribution in [-0.2, 0) is 11.3 Å². The molecule has 2 rings (SSSR count). The molecule has 1 unspecified atom stereocenters. The average Bonchev–Trinajstić information content (AvgIpc) is 2.41. The van der Waals surface area contributed by atoms with Crippen molar-refractivity contribution in [3.63, 3.8) is 0 Å².